The first-order valence-electron chi connectivity index (χ1n) is 5.80. The van der Waals surface area contributed by atoms with Crippen molar-refractivity contribution in [3.63, 3.8) is 0 Å². The summed E-state index contributed by atoms with van der Waals surface area (Å²) in [6.45, 7) is 7.67. The number of hydrogen-bond donors (Lipinski definition) is 1. The van der Waals surface area contributed by atoms with Gasteiger partial charge in [0, 0.05) is 18.5 Å². The smallest absolute Gasteiger partial charge is 0.381 e. The van der Waals surface area contributed by atoms with Gasteiger partial charge < -0.3 is 9.50 Å². The highest BCUT2D eigenvalue weighted by Crippen LogP contribution is 2.35. The fourth-order valence-corrected chi connectivity index (χ4v) is 2.72. The second-order valence-electron chi connectivity index (χ2n) is 5.63. The van der Waals surface area contributed by atoms with Crippen molar-refractivity contribution in [3.05, 3.63) is 11.8 Å². The summed E-state index contributed by atoms with van der Waals surface area (Å²) in [6.07, 6.45) is 1.33. The summed E-state index contributed by atoms with van der Waals surface area (Å²) in [5, 5.41) is 3.13. The monoisotopic (exact) mass is 301 g/mol. The van der Waals surface area contributed by atoms with Crippen molar-refractivity contribution in [2.45, 2.75) is 39.2 Å². The first-order chi connectivity index (χ1) is 8.36. The van der Waals surface area contributed by atoms with Crippen molar-refractivity contribution in [1.29, 1.82) is 0 Å². The van der Waals surface area contributed by atoms with Gasteiger partial charge in [0.1, 0.15) is 5.76 Å². The van der Waals surface area contributed by atoms with Gasteiger partial charge in [-0.25, -0.2) is 0 Å². The molecule has 0 saturated carbocycles. The average molecular weight is 301 g/mol. The van der Waals surface area contributed by atoms with Crippen LogP contribution in [0.15, 0.2) is 11.8 Å². The maximum atomic E-state index is 12.3. The topological polar surface area (TPSA) is 55.4 Å². The zero-order valence-electron chi connectivity index (χ0n) is 11.2. The molecule has 0 aromatic heterocycles. The van der Waals surface area contributed by atoms with E-state index in [1.54, 1.807) is 6.92 Å². The maximum absolute atomic E-state index is 12.3. The second-order valence-corrected chi connectivity index (χ2v) is 7.17. The van der Waals surface area contributed by atoms with Crippen LogP contribution >= 0.6 is 0 Å². The molecule has 0 bridgehead atoms. The Kier molecular flexibility index (Phi) is 4.26. The van der Waals surface area contributed by atoms with E-state index in [1.165, 1.54) is 6.08 Å². The zero-order chi connectivity index (χ0) is 15.1. The highest BCUT2D eigenvalue weighted by atomic mass is 32.2. The molecule has 1 rings (SSSR count). The van der Waals surface area contributed by atoms with E-state index < -0.39 is 21.5 Å². The fourth-order valence-electron chi connectivity index (χ4n) is 2.15. The number of halogens is 3. The van der Waals surface area contributed by atoms with Crippen LogP contribution in [0.3, 0.4) is 0 Å². The first-order valence-corrected chi connectivity index (χ1v) is 7.21. The molecule has 0 aromatic rings. The van der Waals surface area contributed by atoms with E-state index in [0.29, 0.717) is 0 Å². The van der Waals surface area contributed by atoms with Crippen LogP contribution in [0, 0.1) is 11.3 Å². The highest BCUT2D eigenvalue weighted by Gasteiger charge is 2.50. The molecular weight excluding hydrogens is 283 g/mol. The van der Waals surface area contributed by atoms with Crippen molar-refractivity contribution in [2.24, 2.45) is 11.3 Å². The normalized spacial score (nSPS) is 25.9. The van der Waals surface area contributed by atoms with Crippen LogP contribution in [0.25, 0.3) is 0 Å². The number of hydrogen-bond acceptors (Lipinski definition) is 4. The molecule has 0 aromatic carbocycles. The number of rotatable bonds is 2. The number of nitrogens with one attached hydrogen (secondary N) is 1. The van der Waals surface area contributed by atoms with Crippen molar-refractivity contribution >= 4 is 10.1 Å². The van der Waals surface area contributed by atoms with E-state index in [4.69, 9.17) is 0 Å². The van der Waals surface area contributed by atoms with Gasteiger partial charge in [0.05, 0.1) is 0 Å². The van der Waals surface area contributed by atoms with E-state index in [2.05, 4.69) is 9.50 Å². The molecule has 0 radical (unpaired) electrons. The lowest BCUT2D eigenvalue weighted by Gasteiger charge is -2.39. The van der Waals surface area contributed by atoms with Crippen LogP contribution in [-0.4, -0.2) is 26.5 Å². The third-order valence-electron chi connectivity index (χ3n) is 3.01. The Morgan fingerprint density at radius 3 is 2.26 bits per heavy atom. The van der Waals surface area contributed by atoms with Crippen LogP contribution in [0.1, 0.15) is 27.7 Å². The van der Waals surface area contributed by atoms with Gasteiger partial charge >= 0.3 is 15.6 Å². The van der Waals surface area contributed by atoms with Gasteiger partial charge in [0.25, 0.3) is 0 Å². The minimum Gasteiger partial charge on any atom is -0.381 e. The van der Waals surface area contributed by atoms with Crippen LogP contribution in [0.5, 0.6) is 0 Å². The largest absolute Gasteiger partial charge is 0.534 e. The van der Waals surface area contributed by atoms with E-state index in [-0.39, 0.29) is 23.8 Å². The Morgan fingerprint density at radius 2 is 1.84 bits per heavy atom. The molecule has 19 heavy (non-hydrogen) atoms. The number of alkyl halides is 3. The molecule has 8 heteroatoms. The highest BCUT2D eigenvalue weighted by molar-refractivity contribution is 7.87. The zero-order valence-corrected chi connectivity index (χ0v) is 12.0. The molecule has 0 fully saturated rings. The van der Waals surface area contributed by atoms with Crippen molar-refractivity contribution in [3.8, 4) is 0 Å². The van der Waals surface area contributed by atoms with Crippen molar-refractivity contribution in [1.82, 2.24) is 5.32 Å². The molecule has 1 aliphatic heterocycles. The SMILES string of the molecule is CC1C(OS(=O)(=O)C(F)(F)F)=CCNC1C(C)(C)C. The molecule has 1 aliphatic rings. The Bertz CT molecular complexity index is 463. The second kappa shape index (κ2) is 4.97. The molecule has 1 N–H and O–H groups in total. The Hall–Kier alpha value is -0.760. The Labute approximate surface area is 111 Å². The first kappa shape index (κ1) is 16.3. The van der Waals surface area contributed by atoms with Gasteiger partial charge in [-0.05, 0) is 11.5 Å². The van der Waals surface area contributed by atoms with Gasteiger partial charge in [-0.1, -0.05) is 27.7 Å². The summed E-state index contributed by atoms with van der Waals surface area (Å²) < 4.78 is 63.1. The summed E-state index contributed by atoms with van der Waals surface area (Å²) in [5.74, 6) is -0.623. The molecule has 1 heterocycles. The maximum Gasteiger partial charge on any atom is 0.534 e. The molecule has 112 valence electrons. The van der Waals surface area contributed by atoms with Gasteiger partial charge in [-0.3, -0.25) is 0 Å². The molecule has 0 aliphatic carbocycles. The minimum atomic E-state index is -5.60. The van der Waals surface area contributed by atoms with E-state index in [9.17, 15) is 21.6 Å². The molecule has 4 nitrogen and oxygen atoms in total. The predicted octanol–water partition coefficient (Wildman–Crippen LogP) is 2.39. The summed E-state index contributed by atoms with van der Waals surface area (Å²) in [7, 11) is -5.60. The fraction of sp³-hybridized carbons (Fsp3) is 0.818. The summed E-state index contributed by atoms with van der Waals surface area (Å²) >= 11 is 0. The standard InChI is InChI=1S/C11H18F3NO3S/c1-7-8(18-19(16,17)11(12,13)14)5-6-15-9(7)10(2,3)4/h5,7,9,15H,6H2,1-4H3. The molecule has 2 unspecified atom stereocenters. The van der Waals surface area contributed by atoms with Crippen LogP contribution in [0.2, 0.25) is 0 Å². The molecule has 0 saturated heterocycles. The molecular formula is C11H18F3NO3S. The van der Waals surface area contributed by atoms with Crippen molar-refractivity contribution < 1.29 is 25.8 Å². The lowest BCUT2D eigenvalue weighted by atomic mass is 9.77. The lowest BCUT2D eigenvalue weighted by molar-refractivity contribution is -0.0530. The quantitative estimate of drug-likeness (QED) is 0.628. The average Bonchev–Trinajstić information content (AvgIpc) is 2.17. The Morgan fingerprint density at radius 1 is 1.32 bits per heavy atom. The summed E-state index contributed by atoms with van der Waals surface area (Å²) in [5.41, 5.74) is -5.64. The summed E-state index contributed by atoms with van der Waals surface area (Å²) in [4.78, 5) is 0. The minimum absolute atomic E-state index is 0.156. The lowest BCUT2D eigenvalue weighted by Crippen LogP contribution is -2.49. The van der Waals surface area contributed by atoms with Gasteiger partial charge in [0.15, 0.2) is 0 Å². The third-order valence-corrected chi connectivity index (χ3v) is 3.99. The van der Waals surface area contributed by atoms with Crippen LogP contribution in [0.4, 0.5) is 13.2 Å². The van der Waals surface area contributed by atoms with Crippen LogP contribution in [-0.2, 0) is 14.3 Å². The predicted molar refractivity (Wildman–Crippen MR) is 64.6 cm³/mol. The van der Waals surface area contributed by atoms with Crippen LogP contribution < -0.4 is 5.32 Å². The van der Waals surface area contributed by atoms with Gasteiger partial charge in [-0.15, -0.1) is 0 Å². The molecule has 2 atom stereocenters. The molecule has 0 amide bonds. The van der Waals surface area contributed by atoms with E-state index >= 15 is 0 Å². The van der Waals surface area contributed by atoms with Crippen molar-refractivity contribution in [2.75, 3.05) is 6.54 Å². The van der Waals surface area contributed by atoms with Gasteiger partial charge in [-0.2, -0.15) is 21.6 Å². The van der Waals surface area contributed by atoms with E-state index in [0.717, 1.165) is 0 Å². The summed E-state index contributed by atoms with van der Waals surface area (Å²) in [6, 6.07) is -0.170. The Balaban J connectivity index is 2.95. The third kappa shape index (κ3) is 3.62. The van der Waals surface area contributed by atoms with Gasteiger partial charge in [0.2, 0.25) is 0 Å². The van der Waals surface area contributed by atoms with E-state index in [1.807, 2.05) is 20.8 Å². The molecule has 0 spiro atoms.